The first-order chi connectivity index (χ1) is 4.75. The van der Waals surface area contributed by atoms with Gasteiger partial charge in [0.05, 0.1) is 6.10 Å². The van der Waals surface area contributed by atoms with Gasteiger partial charge in [-0.05, 0) is 18.3 Å². The van der Waals surface area contributed by atoms with Crippen molar-refractivity contribution in [3.63, 3.8) is 0 Å². The van der Waals surface area contributed by atoms with Gasteiger partial charge >= 0.3 is 0 Å². The van der Waals surface area contributed by atoms with Crippen LogP contribution in [0, 0.1) is 11.8 Å². The summed E-state index contributed by atoms with van der Waals surface area (Å²) in [4.78, 5) is 0. The molecule has 0 spiro atoms. The summed E-state index contributed by atoms with van der Waals surface area (Å²) >= 11 is 0. The highest BCUT2D eigenvalue weighted by Gasteiger charge is 2.28. The third-order valence-electron chi connectivity index (χ3n) is 2.45. The lowest BCUT2D eigenvalue weighted by molar-refractivity contribution is 0.0532. The molecule has 1 saturated heterocycles. The van der Waals surface area contributed by atoms with E-state index in [-0.39, 0.29) is 0 Å². The van der Waals surface area contributed by atoms with E-state index in [1.54, 1.807) is 0 Å². The number of rotatable bonds is 2. The van der Waals surface area contributed by atoms with Crippen molar-refractivity contribution in [1.82, 2.24) is 0 Å². The SMILES string of the molecule is CC[C@H]1CCO[C@H]1C(C)C. The van der Waals surface area contributed by atoms with Crippen molar-refractivity contribution in [2.45, 2.75) is 39.7 Å². The van der Waals surface area contributed by atoms with Crippen LogP contribution in [0.15, 0.2) is 0 Å². The lowest BCUT2D eigenvalue weighted by atomic mass is 9.91. The average Bonchev–Trinajstić information content (AvgIpc) is 2.33. The van der Waals surface area contributed by atoms with Crippen LogP contribution in [-0.2, 0) is 4.74 Å². The van der Waals surface area contributed by atoms with Gasteiger partial charge in [0.25, 0.3) is 0 Å². The Balaban J connectivity index is 2.42. The van der Waals surface area contributed by atoms with Gasteiger partial charge < -0.3 is 4.74 Å². The highest BCUT2D eigenvalue weighted by molar-refractivity contribution is 4.77. The zero-order valence-electron chi connectivity index (χ0n) is 7.26. The van der Waals surface area contributed by atoms with Crippen molar-refractivity contribution in [3.05, 3.63) is 0 Å². The van der Waals surface area contributed by atoms with Crippen molar-refractivity contribution in [2.75, 3.05) is 6.61 Å². The van der Waals surface area contributed by atoms with Gasteiger partial charge in [-0.1, -0.05) is 27.2 Å². The molecule has 1 nitrogen and oxygen atoms in total. The first-order valence-electron chi connectivity index (χ1n) is 4.37. The maximum Gasteiger partial charge on any atom is 0.0626 e. The zero-order valence-corrected chi connectivity index (χ0v) is 7.26. The van der Waals surface area contributed by atoms with Gasteiger partial charge in [0.1, 0.15) is 0 Å². The predicted octanol–water partition coefficient (Wildman–Crippen LogP) is 2.46. The zero-order chi connectivity index (χ0) is 7.56. The lowest BCUT2D eigenvalue weighted by Crippen LogP contribution is -2.21. The van der Waals surface area contributed by atoms with E-state index >= 15 is 0 Å². The lowest BCUT2D eigenvalue weighted by Gasteiger charge is -2.20. The minimum atomic E-state index is 0.546. The minimum absolute atomic E-state index is 0.546. The molecule has 60 valence electrons. The highest BCUT2D eigenvalue weighted by atomic mass is 16.5. The molecule has 0 bridgehead atoms. The number of hydrogen-bond donors (Lipinski definition) is 0. The largest absolute Gasteiger partial charge is 0.378 e. The van der Waals surface area contributed by atoms with Crippen LogP contribution in [-0.4, -0.2) is 12.7 Å². The van der Waals surface area contributed by atoms with Crippen LogP contribution in [0.25, 0.3) is 0 Å². The summed E-state index contributed by atoms with van der Waals surface area (Å²) in [6.07, 6.45) is 3.10. The molecule has 0 aromatic carbocycles. The van der Waals surface area contributed by atoms with Gasteiger partial charge in [-0.2, -0.15) is 0 Å². The number of hydrogen-bond acceptors (Lipinski definition) is 1. The molecule has 1 aliphatic heterocycles. The summed E-state index contributed by atoms with van der Waals surface area (Å²) in [5.41, 5.74) is 0. The van der Waals surface area contributed by atoms with Crippen LogP contribution in [0.3, 0.4) is 0 Å². The van der Waals surface area contributed by atoms with Crippen molar-refractivity contribution < 1.29 is 4.74 Å². The quantitative estimate of drug-likeness (QED) is 0.575. The van der Waals surface area contributed by atoms with E-state index in [0.717, 1.165) is 12.5 Å². The third-order valence-corrected chi connectivity index (χ3v) is 2.45. The van der Waals surface area contributed by atoms with Gasteiger partial charge in [0.15, 0.2) is 0 Å². The molecule has 0 unspecified atom stereocenters. The molecule has 2 atom stereocenters. The topological polar surface area (TPSA) is 9.23 Å². The summed E-state index contributed by atoms with van der Waals surface area (Å²) in [6, 6.07) is 0. The van der Waals surface area contributed by atoms with Crippen molar-refractivity contribution in [2.24, 2.45) is 11.8 Å². The van der Waals surface area contributed by atoms with Crippen molar-refractivity contribution in [3.8, 4) is 0 Å². The Bertz CT molecular complexity index is 98.9. The van der Waals surface area contributed by atoms with E-state index in [9.17, 15) is 0 Å². The molecule has 0 aromatic heterocycles. The van der Waals surface area contributed by atoms with Crippen LogP contribution >= 0.6 is 0 Å². The van der Waals surface area contributed by atoms with Crippen LogP contribution in [0.1, 0.15) is 33.6 Å². The second-order valence-electron chi connectivity index (χ2n) is 3.54. The maximum atomic E-state index is 5.62. The van der Waals surface area contributed by atoms with E-state index in [4.69, 9.17) is 4.74 Å². The Morgan fingerprint density at radius 3 is 2.60 bits per heavy atom. The molecule has 0 aliphatic carbocycles. The third kappa shape index (κ3) is 1.51. The van der Waals surface area contributed by atoms with Gasteiger partial charge in [0.2, 0.25) is 0 Å². The molecule has 0 saturated carbocycles. The Morgan fingerprint density at radius 1 is 1.50 bits per heavy atom. The van der Waals surface area contributed by atoms with Crippen molar-refractivity contribution in [1.29, 1.82) is 0 Å². The molecule has 1 rings (SSSR count). The minimum Gasteiger partial charge on any atom is -0.378 e. The molecular weight excluding hydrogens is 124 g/mol. The fourth-order valence-electron chi connectivity index (χ4n) is 1.83. The molecule has 0 aromatic rings. The maximum absolute atomic E-state index is 5.62. The van der Waals surface area contributed by atoms with Crippen LogP contribution in [0.4, 0.5) is 0 Å². The fraction of sp³-hybridized carbons (Fsp3) is 1.00. The second-order valence-corrected chi connectivity index (χ2v) is 3.54. The molecule has 1 heteroatoms. The fourth-order valence-corrected chi connectivity index (χ4v) is 1.83. The molecule has 1 aliphatic rings. The van der Waals surface area contributed by atoms with Gasteiger partial charge in [-0.3, -0.25) is 0 Å². The summed E-state index contributed by atoms with van der Waals surface area (Å²) in [6.45, 7) is 7.74. The smallest absolute Gasteiger partial charge is 0.0626 e. The standard InChI is InChI=1S/C9H18O/c1-4-8-5-6-10-9(8)7(2)3/h7-9H,4-6H2,1-3H3/t8-,9-/m0/s1. The van der Waals surface area contributed by atoms with Gasteiger partial charge in [-0.15, -0.1) is 0 Å². The molecule has 10 heavy (non-hydrogen) atoms. The van der Waals surface area contributed by atoms with Crippen LogP contribution in [0.5, 0.6) is 0 Å². The van der Waals surface area contributed by atoms with Crippen LogP contribution < -0.4 is 0 Å². The van der Waals surface area contributed by atoms with E-state index in [1.165, 1.54) is 12.8 Å². The van der Waals surface area contributed by atoms with E-state index < -0.39 is 0 Å². The molecule has 0 amide bonds. The molecule has 1 heterocycles. The molecule has 0 N–H and O–H groups in total. The summed E-state index contributed by atoms with van der Waals surface area (Å²) in [5.74, 6) is 1.53. The normalized spacial score (nSPS) is 33.6. The molecular formula is C9H18O. The summed E-state index contributed by atoms with van der Waals surface area (Å²) in [7, 11) is 0. The molecule has 1 fully saturated rings. The van der Waals surface area contributed by atoms with E-state index in [0.29, 0.717) is 12.0 Å². The van der Waals surface area contributed by atoms with Crippen molar-refractivity contribution >= 4 is 0 Å². The Hall–Kier alpha value is -0.0400. The van der Waals surface area contributed by atoms with Crippen LogP contribution in [0.2, 0.25) is 0 Å². The number of ether oxygens (including phenoxy) is 1. The Kier molecular flexibility index (Phi) is 2.72. The second kappa shape index (κ2) is 3.38. The Labute approximate surface area is 63.8 Å². The van der Waals surface area contributed by atoms with E-state index in [1.807, 2.05) is 0 Å². The van der Waals surface area contributed by atoms with Gasteiger partial charge in [-0.25, -0.2) is 0 Å². The summed E-state index contributed by atoms with van der Waals surface area (Å²) < 4.78 is 5.62. The summed E-state index contributed by atoms with van der Waals surface area (Å²) in [5, 5.41) is 0. The van der Waals surface area contributed by atoms with Gasteiger partial charge in [0, 0.05) is 6.61 Å². The predicted molar refractivity (Wildman–Crippen MR) is 43.0 cm³/mol. The molecule has 0 radical (unpaired) electrons. The first kappa shape index (κ1) is 8.06. The van der Waals surface area contributed by atoms with E-state index in [2.05, 4.69) is 20.8 Å². The highest BCUT2D eigenvalue weighted by Crippen LogP contribution is 2.28. The average molecular weight is 142 g/mol. The Morgan fingerprint density at radius 2 is 2.20 bits per heavy atom. The first-order valence-corrected chi connectivity index (χ1v) is 4.37. The monoisotopic (exact) mass is 142 g/mol.